The lowest BCUT2D eigenvalue weighted by atomic mass is 10.1. The minimum Gasteiger partial charge on any atom is -0.326 e. The lowest BCUT2D eigenvalue weighted by molar-refractivity contribution is -0.117. The molecule has 0 saturated heterocycles. The molecule has 0 aliphatic heterocycles. The fourth-order valence-electron chi connectivity index (χ4n) is 1.94. The number of carbonyl (C=O) groups excluding carboxylic acids is 2. The number of rotatable bonds is 4. The SMILES string of the molecule is CC(=O)Nc1ccc(-c2csc(NC(=O)C3CC3)n2)cc1. The van der Waals surface area contributed by atoms with Crippen LogP contribution in [0.5, 0.6) is 0 Å². The number of carbonyl (C=O) groups is 2. The molecular formula is C15H15N3O2S. The molecule has 1 aromatic carbocycles. The van der Waals surface area contributed by atoms with Crippen molar-refractivity contribution in [1.82, 2.24) is 4.98 Å². The molecule has 0 radical (unpaired) electrons. The van der Waals surface area contributed by atoms with E-state index >= 15 is 0 Å². The van der Waals surface area contributed by atoms with Gasteiger partial charge in [-0.15, -0.1) is 11.3 Å². The van der Waals surface area contributed by atoms with Crippen molar-refractivity contribution in [2.75, 3.05) is 10.6 Å². The molecule has 3 rings (SSSR count). The summed E-state index contributed by atoms with van der Waals surface area (Å²) in [5, 5.41) is 8.11. The van der Waals surface area contributed by atoms with Crippen LogP contribution < -0.4 is 10.6 Å². The molecule has 108 valence electrons. The predicted octanol–water partition coefficient (Wildman–Crippen LogP) is 3.12. The Morgan fingerprint density at radius 2 is 1.90 bits per heavy atom. The van der Waals surface area contributed by atoms with Crippen molar-refractivity contribution in [3.05, 3.63) is 29.6 Å². The minimum absolute atomic E-state index is 0.0666. The van der Waals surface area contributed by atoms with E-state index in [1.807, 2.05) is 29.6 Å². The Hall–Kier alpha value is -2.21. The van der Waals surface area contributed by atoms with Gasteiger partial charge in [-0.1, -0.05) is 12.1 Å². The molecule has 2 N–H and O–H groups in total. The maximum Gasteiger partial charge on any atom is 0.229 e. The highest BCUT2D eigenvalue weighted by molar-refractivity contribution is 7.14. The number of thiazole rings is 1. The van der Waals surface area contributed by atoms with Gasteiger partial charge in [0.15, 0.2) is 5.13 Å². The summed E-state index contributed by atoms with van der Waals surface area (Å²) in [6.07, 6.45) is 1.96. The normalized spacial score (nSPS) is 13.8. The van der Waals surface area contributed by atoms with Gasteiger partial charge in [0, 0.05) is 29.5 Å². The van der Waals surface area contributed by atoms with Crippen LogP contribution in [0.3, 0.4) is 0 Å². The summed E-state index contributed by atoms with van der Waals surface area (Å²) in [7, 11) is 0. The van der Waals surface area contributed by atoms with Crippen molar-refractivity contribution >= 4 is 34.0 Å². The topological polar surface area (TPSA) is 71.1 Å². The number of hydrogen-bond acceptors (Lipinski definition) is 4. The molecule has 1 fully saturated rings. The maximum absolute atomic E-state index is 11.7. The van der Waals surface area contributed by atoms with Crippen molar-refractivity contribution in [3.63, 3.8) is 0 Å². The summed E-state index contributed by atoms with van der Waals surface area (Å²) in [4.78, 5) is 27.1. The zero-order chi connectivity index (χ0) is 14.8. The van der Waals surface area contributed by atoms with Gasteiger partial charge >= 0.3 is 0 Å². The second kappa shape index (κ2) is 5.65. The first-order valence-electron chi connectivity index (χ1n) is 6.76. The number of nitrogens with one attached hydrogen (secondary N) is 2. The number of hydrogen-bond donors (Lipinski definition) is 2. The standard InChI is InChI=1S/C15H15N3O2S/c1-9(19)16-12-6-4-10(5-7-12)13-8-21-15(17-13)18-14(20)11-2-3-11/h4-8,11H,2-3H2,1H3,(H,16,19)(H,17,18,20). The van der Waals surface area contributed by atoms with Gasteiger partial charge < -0.3 is 10.6 Å². The maximum atomic E-state index is 11.7. The Morgan fingerprint density at radius 1 is 1.19 bits per heavy atom. The summed E-state index contributed by atoms with van der Waals surface area (Å²) in [5.41, 5.74) is 2.52. The minimum atomic E-state index is -0.0958. The molecule has 0 bridgehead atoms. The number of aromatic nitrogens is 1. The highest BCUT2D eigenvalue weighted by Crippen LogP contribution is 2.31. The van der Waals surface area contributed by atoms with Crippen LogP contribution >= 0.6 is 11.3 Å². The first-order chi connectivity index (χ1) is 10.1. The zero-order valence-electron chi connectivity index (χ0n) is 11.6. The lowest BCUT2D eigenvalue weighted by Crippen LogP contribution is -2.12. The fourth-order valence-corrected chi connectivity index (χ4v) is 2.67. The third-order valence-corrected chi connectivity index (χ3v) is 3.94. The molecule has 0 spiro atoms. The number of anilines is 2. The van der Waals surface area contributed by atoms with Crippen LogP contribution in [0.4, 0.5) is 10.8 Å². The van der Waals surface area contributed by atoms with Crippen LogP contribution in [-0.4, -0.2) is 16.8 Å². The van der Waals surface area contributed by atoms with Gasteiger partial charge in [0.1, 0.15) is 0 Å². The van der Waals surface area contributed by atoms with E-state index in [2.05, 4.69) is 15.6 Å². The van der Waals surface area contributed by atoms with Crippen molar-refractivity contribution in [2.45, 2.75) is 19.8 Å². The molecule has 1 aromatic heterocycles. The van der Waals surface area contributed by atoms with Gasteiger partial charge in [0.05, 0.1) is 5.69 Å². The zero-order valence-corrected chi connectivity index (χ0v) is 12.4. The monoisotopic (exact) mass is 301 g/mol. The van der Waals surface area contributed by atoms with E-state index in [0.717, 1.165) is 29.8 Å². The van der Waals surface area contributed by atoms with Gasteiger partial charge in [-0.3, -0.25) is 9.59 Å². The second-order valence-corrected chi connectivity index (χ2v) is 5.92. The molecule has 5 nitrogen and oxygen atoms in total. The average molecular weight is 301 g/mol. The average Bonchev–Trinajstić information content (AvgIpc) is 3.20. The van der Waals surface area contributed by atoms with Crippen LogP contribution in [-0.2, 0) is 9.59 Å². The molecule has 1 aliphatic rings. The van der Waals surface area contributed by atoms with Gasteiger partial charge in [0.2, 0.25) is 11.8 Å². The second-order valence-electron chi connectivity index (χ2n) is 5.06. The van der Waals surface area contributed by atoms with Crippen LogP contribution in [0.15, 0.2) is 29.6 Å². The quantitative estimate of drug-likeness (QED) is 0.911. The molecule has 1 aliphatic carbocycles. The van der Waals surface area contributed by atoms with Crippen molar-refractivity contribution in [1.29, 1.82) is 0 Å². The van der Waals surface area contributed by atoms with Crippen LogP contribution in [0.1, 0.15) is 19.8 Å². The Balaban J connectivity index is 1.70. The highest BCUT2D eigenvalue weighted by atomic mass is 32.1. The summed E-state index contributed by atoms with van der Waals surface area (Å²) in [5.74, 6) is 0.146. The van der Waals surface area contributed by atoms with Crippen LogP contribution in [0, 0.1) is 5.92 Å². The number of benzene rings is 1. The molecule has 6 heteroatoms. The van der Waals surface area contributed by atoms with E-state index in [9.17, 15) is 9.59 Å². The summed E-state index contributed by atoms with van der Waals surface area (Å²) < 4.78 is 0. The summed E-state index contributed by atoms with van der Waals surface area (Å²) in [6, 6.07) is 7.46. The van der Waals surface area contributed by atoms with Crippen molar-refractivity contribution < 1.29 is 9.59 Å². The van der Waals surface area contributed by atoms with Gasteiger partial charge in [0.25, 0.3) is 0 Å². The summed E-state index contributed by atoms with van der Waals surface area (Å²) >= 11 is 1.42. The molecule has 0 unspecified atom stereocenters. The third kappa shape index (κ3) is 3.46. The highest BCUT2D eigenvalue weighted by Gasteiger charge is 2.30. The predicted molar refractivity (Wildman–Crippen MR) is 83.2 cm³/mol. The van der Waals surface area contributed by atoms with Crippen LogP contribution in [0.2, 0.25) is 0 Å². The molecule has 1 saturated carbocycles. The molecule has 2 aromatic rings. The van der Waals surface area contributed by atoms with Gasteiger partial charge in [-0.25, -0.2) is 4.98 Å². The van der Waals surface area contributed by atoms with E-state index in [0.29, 0.717) is 5.13 Å². The molecule has 1 heterocycles. The largest absolute Gasteiger partial charge is 0.326 e. The first kappa shape index (κ1) is 13.8. The lowest BCUT2D eigenvalue weighted by Gasteiger charge is -2.02. The van der Waals surface area contributed by atoms with E-state index in [1.54, 1.807) is 0 Å². The number of amides is 2. The third-order valence-electron chi connectivity index (χ3n) is 3.18. The Bertz CT molecular complexity index is 674. The first-order valence-corrected chi connectivity index (χ1v) is 7.64. The van der Waals surface area contributed by atoms with E-state index in [4.69, 9.17) is 0 Å². The summed E-state index contributed by atoms with van der Waals surface area (Å²) in [6.45, 7) is 1.48. The Labute approximate surface area is 126 Å². The molecule has 21 heavy (non-hydrogen) atoms. The fraction of sp³-hybridized carbons (Fsp3) is 0.267. The Kier molecular flexibility index (Phi) is 3.70. The van der Waals surface area contributed by atoms with Crippen molar-refractivity contribution in [3.8, 4) is 11.3 Å². The molecular weight excluding hydrogens is 286 g/mol. The molecule has 2 amide bonds. The molecule has 0 atom stereocenters. The van der Waals surface area contributed by atoms with E-state index < -0.39 is 0 Å². The van der Waals surface area contributed by atoms with Gasteiger partial charge in [-0.2, -0.15) is 0 Å². The smallest absolute Gasteiger partial charge is 0.229 e. The Morgan fingerprint density at radius 3 is 2.52 bits per heavy atom. The van der Waals surface area contributed by atoms with Crippen LogP contribution in [0.25, 0.3) is 11.3 Å². The van der Waals surface area contributed by atoms with E-state index in [-0.39, 0.29) is 17.7 Å². The van der Waals surface area contributed by atoms with E-state index in [1.165, 1.54) is 18.3 Å². The van der Waals surface area contributed by atoms with Gasteiger partial charge in [-0.05, 0) is 25.0 Å². The van der Waals surface area contributed by atoms with Crippen molar-refractivity contribution in [2.24, 2.45) is 5.92 Å². The number of nitrogens with zero attached hydrogens (tertiary/aromatic N) is 1.